The van der Waals surface area contributed by atoms with Gasteiger partial charge in [0.15, 0.2) is 0 Å². The zero-order valence-electron chi connectivity index (χ0n) is 34.4. The van der Waals surface area contributed by atoms with Crippen LogP contribution in [0.15, 0.2) is 66.7 Å². The molecular formula is C45H63N5O6. The molecule has 2 bridgehead atoms. The van der Waals surface area contributed by atoms with Crippen LogP contribution in [0, 0.1) is 29.1 Å². The lowest BCUT2D eigenvalue weighted by Crippen LogP contribution is -2.62. The summed E-state index contributed by atoms with van der Waals surface area (Å²) >= 11 is 0. The number of rotatable bonds is 16. The number of nitrogens with one attached hydrogen (secondary N) is 3. The Labute approximate surface area is 333 Å². The SMILES string of the molecule is CNCc1cc(C(=O)N[C@@H](Cc2ccccc2)CN(C)C)cc(-c2cccc(CN3O[C@@H](CO)[C@@H]([C@H](C)O)[C@H]3C(=O)N[C@H]3C[C@H]4C[C@@H]([C@@H]3C)C4(C)C)c2OC)c1. The second kappa shape index (κ2) is 17.7. The maximum absolute atomic E-state index is 14.3. The number of aliphatic hydroxyl groups is 2. The summed E-state index contributed by atoms with van der Waals surface area (Å²) in [4.78, 5) is 36.7. The van der Waals surface area contributed by atoms with Gasteiger partial charge in [-0.15, -0.1) is 0 Å². The smallest absolute Gasteiger partial charge is 0.251 e. The maximum Gasteiger partial charge on any atom is 0.251 e. The molecular weight excluding hydrogens is 707 g/mol. The lowest BCUT2D eigenvalue weighted by atomic mass is 9.45. The number of carbonyl (C=O) groups is 2. The predicted molar refractivity (Wildman–Crippen MR) is 219 cm³/mol. The Bertz CT molecular complexity index is 1820. The summed E-state index contributed by atoms with van der Waals surface area (Å²) < 4.78 is 6.11. The summed E-state index contributed by atoms with van der Waals surface area (Å²) in [6, 6.07) is 21.0. The van der Waals surface area contributed by atoms with E-state index < -0.39 is 24.2 Å². The fourth-order valence-corrected chi connectivity index (χ4v) is 9.88. The van der Waals surface area contributed by atoms with E-state index in [9.17, 15) is 19.8 Å². The Balaban J connectivity index is 1.28. The Hall–Kier alpha value is -3.84. The molecule has 11 nitrogen and oxygen atoms in total. The zero-order valence-corrected chi connectivity index (χ0v) is 34.4. The molecule has 0 unspecified atom stereocenters. The number of carbonyl (C=O) groups excluding carboxylic acids is 2. The molecule has 3 saturated carbocycles. The molecule has 5 N–H and O–H groups in total. The van der Waals surface area contributed by atoms with Gasteiger partial charge in [-0.1, -0.05) is 69.3 Å². The van der Waals surface area contributed by atoms with E-state index in [1.165, 1.54) is 6.42 Å². The van der Waals surface area contributed by atoms with E-state index in [0.29, 0.717) is 48.6 Å². The zero-order chi connectivity index (χ0) is 40.3. The minimum absolute atomic E-state index is 0.0367. The van der Waals surface area contributed by atoms with Crippen molar-refractivity contribution in [3.05, 3.63) is 89.0 Å². The fraction of sp³-hybridized carbons (Fsp3) is 0.556. The molecule has 0 radical (unpaired) electrons. The van der Waals surface area contributed by atoms with E-state index in [2.05, 4.69) is 59.8 Å². The summed E-state index contributed by atoms with van der Waals surface area (Å²) in [5.41, 5.74) is 5.28. The second-order valence-corrected chi connectivity index (χ2v) is 17.3. The Morgan fingerprint density at radius 1 is 1.05 bits per heavy atom. The molecule has 304 valence electrons. The number of likely N-dealkylation sites (N-methyl/N-ethyl adjacent to an activating group) is 1. The number of hydroxylamine groups is 2. The van der Waals surface area contributed by atoms with Gasteiger partial charge in [0, 0.05) is 47.8 Å². The van der Waals surface area contributed by atoms with Crippen molar-refractivity contribution in [1.82, 2.24) is 25.9 Å². The highest BCUT2D eigenvalue weighted by atomic mass is 16.7. The van der Waals surface area contributed by atoms with Gasteiger partial charge in [0.05, 0.1) is 26.4 Å². The highest BCUT2D eigenvalue weighted by Crippen LogP contribution is 2.61. The molecule has 9 atom stereocenters. The van der Waals surface area contributed by atoms with Crippen molar-refractivity contribution in [1.29, 1.82) is 0 Å². The molecule has 11 heteroatoms. The average Bonchev–Trinajstić information content (AvgIpc) is 3.54. The summed E-state index contributed by atoms with van der Waals surface area (Å²) in [6.07, 6.45) is 1.18. The standard InChI is InChI=1S/C45H63N5O6/c1-27-37-21-34(45(37,3)4)22-38(27)48-44(54)41-40(28(2)52)39(26-51)56-50(41)24-31-15-12-16-36(42(31)55-8)32-17-30(23-46-5)18-33(20-32)43(53)47-35(25-49(6)7)19-29-13-10-9-11-14-29/h9-18,20,27-28,34-35,37-41,46,51-52H,19,21-26H2,1-8H3,(H,47,53)(H,48,54)/t27-,28-,34+,35-,37-,38-,39-,40+,41-/m0/s1. The minimum Gasteiger partial charge on any atom is -0.496 e. The third-order valence-corrected chi connectivity index (χ3v) is 12.9. The van der Waals surface area contributed by atoms with Crippen molar-refractivity contribution in [3.63, 3.8) is 0 Å². The number of nitrogens with zero attached hydrogens (tertiary/aromatic N) is 2. The molecule has 1 aliphatic heterocycles. The number of amides is 2. The van der Waals surface area contributed by atoms with Crippen LogP contribution in [0.4, 0.5) is 0 Å². The maximum atomic E-state index is 14.3. The highest BCUT2D eigenvalue weighted by Gasteiger charge is 2.57. The van der Waals surface area contributed by atoms with Crippen LogP contribution in [-0.2, 0) is 29.1 Å². The lowest BCUT2D eigenvalue weighted by Gasteiger charge is -2.62. The van der Waals surface area contributed by atoms with Crippen LogP contribution in [0.25, 0.3) is 11.1 Å². The van der Waals surface area contributed by atoms with Crippen LogP contribution in [0.2, 0.25) is 0 Å². The molecule has 0 aromatic heterocycles. The number of benzene rings is 3. The van der Waals surface area contributed by atoms with Crippen molar-refractivity contribution in [2.24, 2.45) is 29.1 Å². The van der Waals surface area contributed by atoms with E-state index >= 15 is 0 Å². The molecule has 3 aromatic carbocycles. The monoisotopic (exact) mass is 769 g/mol. The average molecular weight is 770 g/mol. The first-order chi connectivity index (χ1) is 26.7. The molecule has 3 aliphatic carbocycles. The van der Waals surface area contributed by atoms with E-state index in [1.54, 1.807) is 19.1 Å². The molecule has 4 fully saturated rings. The van der Waals surface area contributed by atoms with Gasteiger partial charge in [-0.05, 0) is 105 Å². The minimum atomic E-state index is -0.901. The largest absolute Gasteiger partial charge is 0.496 e. The van der Waals surface area contributed by atoms with Gasteiger partial charge in [0.2, 0.25) is 5.91 Å². The van der Waals surface area contributed by atoms with Crippen LogP contribution in [-0.4, -0.2) is 104 Å². The molecule has 4 aliphatic rings. The third kappa shape index (κ3) is 8.83. The number of para-hydroxylation sites is 1. The predicted octanol–water partition coefficient (Wildman–Crippen LogP) is 4.64. The van der Waals surface area contributed by atoms with Gasteiger partial charge in [-0.25, -0.2) is 0 Å². The van der Waals surface area contributed by atoms with Gasteiger partial charge in [0.25, 0.3) is 5.91 Å². The first-order valence-electron chi connectivity index (χ1n) is 20.2. The molecule has 0 spiro atoms. The van der Waals surface area contributed by atoms with Crippen molar-refractivity contribution in [3.8, 4) is 16.9 Å². The molecule has 2 amide bonds. The van der Waals surface area contributed by atoms with Crippen molar-refractivity contribution >= 4 is 11.8 Å². The Morgan fingerprint density at radius 3 is 2.43 bits per heavy atom. The van der Waals surface area contributed by atoms with Crippen molar-refractivity contribution in [2.75, 3.05) is 41.4 Å². The van der Waals surface area contributed by atoms with Crippen molar-refractivity contribution in [2.45, 2.75) is 90.4 Å². The number of hydrogen-bond donors (Lipinski definition) is 5. The van der Waals surface area contributed by atoms with Crippen LogP contribution >= 0.6 is 0 Å². The Morgan fingerprint density at radius 2 is 1.80 bits per heavy atom. The number of methoxy groups -OCH3 is 1. The van der Waals surface area contributed by atoms with Crippen molar-refractivity contribution < 1.29 is 29.4 Å². The molecule has 3 aromatic rings. The van der Waals surface area contributed by atoms with Gasteiger partial charge in [-0.3, -0.25) is 14.4 Å². The van der Waals surface area contributed by atoms with Crippen LogP contribution in [0.3, 0.4) is 0 Å². The number of ether oxygens (including phenoxy) is 1. The van der Waals surface area contributed by atoms with E-state index in [-0.39, 0.29) is 42.5 Å². The van der Waals surface area contributed by atoms with E-state index in [0.717, 1.165) is 34.2 Å². The van der Waals surface area contributed by atoms with Gasteiger partial charge in [-0.2, -0.15) is 5.06 Å². The number of aliphatic hydroxyl groups excluding tert-OH is 2. The third-order valence-electron chi connectivity index (χ3n) is 12.9. The quantitative estimate of drug-likeness (QED) is 0.141. The van der Waals surface area contributed by atoms with Gasteiger partial charge < -0.3 is 35.8 Å². The highest BCUT2D eigenvalue weighted by molar-refractivity contribution is 5.96. The Kier molecular flexibility index (Phi) is 13.2. The van der Waals surface area contributed by atoms with Crippen LogP contribution in [0.1, 0.15) is 67.6 Å². The summed E-state index contributed by atoms with van der Waals surface area (Å²) in [5.74, 6) is 1.04. The fourth-order valence-electron chi connectivity index (χ4n) is 9.88. The normalized spacial score (nSPS) is 26.7. The molecule has 7 rings (SSSR count). The van der Waals surface area contributed by atoms with Gasteiger partial charge >= 0.3 is 0 Å². The molecule has 56 heavy (non-hydrogen) atoms. The first-order valence-corrected chi connectivity index (χ1v) is 20.2. The summed E-state index contributed by atoms with van der Waals surface area (Å²) in [6.45, 7) is 9.64. The van der Waals surface area contributed by atoms with Crippen LogP contribution < -0.4 is 20.7 Å². The topological polar surface area (TPSA) is 136 Å². The summed E-state index contributed by atoms with van der Waals surface area (Å²) in [5, 5.41) is 32.8. The number of hydrogen-bond acceptors (Lipinski definition) is 9. The molecule has 1 heterocycles. The van der Waals surface area contributed by atoms with Gasteiger partial charge in [0.1, 0.15) is 17.9 Å². The molecule has 1 saturated heterocycles. The first kappa shape index (κ1) is 41.8. The summed E-state index contributed by atoms with van der Waals surface area (Å²) in [7, 11) is 7.50. The van der Waals surface area contributed by atoms with E-state index in [1.807, 2.05) is 69.7 Å². The number of fused-ring (bicyclic) bond motifs is 2. The lowest BCUT2D eigenvalue weighted by molar-refractivity contribution is -0.183. The van der Waals surface area contributed by atoms with E-state index in [4.69, 9.17) is 9.57 Å². The second-order valence-electron chi connectivity index (χ2n) is 17.3. The van der Waals surface area contributed by atoms with Crippen LogP contribution in [0.5, 0.6) is 5.75 Å².